The van der Waals surface area contributed by atoms with E-state index in [1.807, 2.05) is 13.8 Å². The van der Waals surface area contributed by atoms with Crippen LogP contribution in [0.4, 0.5) is 10.6 Å². The van der Waals surface area contributed by atoms with Gasteiger partial charge in [0, 0.05) is 25.6 Å². The van der Waals surface area contributed by atoms with Crippen LogP contribution in [-0.4, -0.2) is 103 Å². The van der Waals surface area contributed by atoms with E-state index in [0.29, 0.717) is 26.1 Å². The number of aliphatic hydroxyl groups excluding tert-OH is 2. The molecule has 3 aliphatic heterocycles. The molecule has 4 aliphatic rings. The summed E-state index contributed by atoms with van der Waals surface area (Å²) < 4.78 is 12.6. The molecule has 43 heavy (non-hydrogen) atoms. The second-order valence-electron chi connectivity index (χ2n) is 10.9. The third-order valence-electron chi connectivity index (χ3n) is 7.81. The summed E-state index contributed by atoms with van der Waals surface area (Å²) in [5, 5.41) is 26.6. The minimum atomic E-state index is -1.42. The Kier molecular flexibility index (Phi) is 9.28. The van der Waals surface area contributed by atoms with Crippen molar-refractivity contribution < 1.29 is 34.1 Å². The van der Waals surface area contributed by atoms with E-state index in [1.54, 1.807) is 4.90 Å². The van der Waals surface area contributed by atoms with Crippen molar-refractivity contribution in [3.8, 4) is 11.8 Å². The van der Waals surface area contributed by atoms with E-state index in [4.69, 9.17) is 15.2 Å². The van der Waals surface area contributed by atoms with Crippen LogP contribution in [0, 0.1) is 17.8 Å². The topological polar surface area (TPSA) is 207 Å². The molecule has 3 amide bonds. The van der Waals surface area contributed by atoms with Crippen molar-refractivity contribution in [3.63, 3.8) is 0 Å². The first kappa shape index (κ1) is 30.5. The number of carbonyl (C=O) groups is 3. The van der Waals surface area contributed by atoms with Crippen LogP contribution in [0.1, 0.15) is 64.4 Å². The first-order chi connectivity index (χ1) is 20.8. The van der Waals surface area contributed by atoms with Crippen LogP contribution in [0.5, 0.6) is 0 Å². The molecule has 232 valence electrons. The summed E-state index contributed by atoms with van der Waals surface area (Å²) >= 11 is 0. The van der Waals surface area contributed by atoms with Gasteiger partial charge in [-0.25, -0.2) is 19.7 Å². The van der Waals surface area contributed by atoms with Gasteiger partial charge in [0.1, 0.15) is 23.8 Å². The molecule has 0 bridgehead atoms. The van der Waals surface area contributed by atoms with Gasteiger partial charge in [0.2, 0.25) is 11.7 Å². The minimum Gasteiger partial charge on any atom is -0.444 e. The Bertz CT molecular complexity index is 1410. The Morgan fingerprint density at radius 3 is 2.60 bits per heavy atom. The van der Waals surface area contributed by atoms with Crippen molar-refractivity contribution in [1.82, 2.24) is 35.1 Å². The van der Waals surface area contributed by atoms with Gasteiger partial charge in [-0.15, -0.1) is 0 Å². The Morgan fingerprint density at radius 2 is 1.93 bits per heavy atom. The Morgan fingerprint density at radius 1 is 1.19 bits per heavy atom. The molecule has 6 N–H and O–H groups in total. The van der Waals surface area contributed by atoms with E-state index in [0.717, 1.165) is 25.7 Å². The van der Waals surface area contributed by atoms with Gasteiger partial charge in [-0.05, 0) is 37.5 Å². The van der Waals surface area contributed by atoms with E-state index in [1.165, 1.54) is 10.9 Å². The molecule has 6 rings (SSSR count). The first-order valence-electron chi connectivity index (χ1n) is 14.8. The zero-order valence-electron chi connectivity index (χ0n) is 24.2. The average molecular weight is 599 g/mol. The maximum Gasteiger partial charge on any atom is 0.410 e. The molecule has 5 atom stereocenters. The van der Waals surface area contributed by atoms with Gasteiger partial charge in [0.15, 0.2) is 23.8 Å². The third-order valence-corrected chi connectivity index (χ3v) is 7.81. The second-order valence-corrected chi connectivity index (χ2v) is 10.9. The van der Waals surface area contributed by atoms with Gasteiger partial charge >= 0.3 is 6.09 Å². The highest BCUT2D eigenvalue weighted by Crippen LogP contribution is 2.33. The number of nitrogen functional groups attached to an aromatic ring is 1. The van der Waals surface area contributed by atoms with Crippen LogP contribution in [0.3, 0.4) is 0 Å². The summed E-state index contributed by atoms with van der Waals surface area (Å²) in [6, 6.07) is 0.0775. The number of hydrogen-bond donors (Lipinski definition) is 5. The highest BCUT2D eigenvalue weighted by molar-refractivity contribution is 5.83. The fourth-order valence-electron chi connectivity index (χ4n) is 5.27. The van der Waals surface area contributed by atoms with E-state index < -0.39 is 42.6 Å². The number of anilines is 1. The Hall–Kier alpha value is -4.00. The molecule has 1 saturated carbocycles. The lowest BCUT2D eigenvalue weighted by atomic mass is 9.94. The summed E-state index contributed by atoms with van der Waals surface area (Å²) in [4.78, 5) is 50.8. The number of aromatic nitrogens is 4. The zero-order valence-corrected chi connectivity index (χ0v) is 24.2. The summed E-state index contributed by atoms with van der Waals surface area (Å²) in [6.45, 7) is 5.44. The number of aliphatic hydroxyl groups is 2. The maximum atomic E-state index is 12.5. The van der Waals surface area contributed by atoms with Gasteiger partial charge in [-0.2, -0.15) is 0 Å². The lowest BCUT2D eigenvalue weighted by molar-refractivity contribution is -0.137. The van der Waals surface area contributed by atoms with E-state index in [9.17, 15) is 24.6 Å². The van der Waals surface area contributed by atoms with Crippen LogP contribution in [0.25, 0.3) is 11.2 Å². The quantitative estimate of drug-likeness (QED) is 0.285. The number of piperidine rings is 1. The van der Waals surface area contributed by atoms with Crippen LogP contribution >= 0.6 is 0 Å². The van der Waals surface area contributed by atoms with Crippen LogP contribution in [0.15, 0.2) is 6.33 Å². The van der Waals surface area contributed by atoms with Crippen molar-refractivity contribution >= 4 is 34.9 Å². The molecule has 2 aromatic heterocycles. The number of amides is 3. The number of imidazole rings is 1. The van der Waals surface area contributed by atoms with E-state index in [2.05, 4.69) is 37.4 Å². The minimum absolute atomic E-state index is 0.0775. The number of rotatable bonds is 5. The molecule has 2 aromatic rings. The lowest BCUT2D eigenvalue weighted by Gasteiger charge is -2.31. The van der Waals surface area contributed by atoms with Crippen LogP contribution in [-0.2, 0) is 19.1 Å². The number of nitrogens with zero attached hydrogens (tertiary/aromatic N) is 5. The highest BCUT2D eigenvalue weighted by atomic mass is 16.6. The molecule has 0 aromatic carbocycles. The van der Waals surface area contributed by atoms with Crippen LogP contribution in [0.2, 0.25) is 0 Å². The molecule has 3 saturated heterocycles. The van der Waals surface area contributed by atoms with Crippen molar-refractivity contribution in [2.45, 2.75) is 89.1 Å². The molecule has 0 radical (unpaired) electrons. The predicted molar refractivity (Wildman–Crippen MR) is 152 cm³/mol. The Labute approximate surface area is 248 Å². The van der Waals surface area contributed by atoms with Crippen LogP contribution < -0.4 is 16.4 Å². The molecule has 4 fully saturated rings. The number of hydrogen-bond acceptors (Lipinski definition) is 11. The number of nitrogens with one attached hydrogen (secondary N) is 2. The fourth-order valence-corrected chi connectivity index (χ4v) is 5.27. The zero-order chi connectivity index (χ0) is 30.7. The number of carbonyl (C=O) groups excluding carboxylic acids is 3. The first-order valence-corrected chi connectivity index (χ1v) is 14.8. The second kappa shape index (κ2) is 13.1. The van der Waals surface area contributed by atoms with Crippen molar-refractivity contribution in [1.29, 1.82) is 0 Å². The van der Waals surface area contributed by atoms with E-state index in [-0.39, 0.29) is 47.1 Å². The SMILES string of the molecule is CC.Nc1nc(C#CCC2CCN(C(=O)OC3CNC(=O)C3)CC2)nc2c1ncn2[C@@H]1O[C@H](C(=O)NC2CC2)[C@H](O)C1O. The smallest absolute Gasteiger partial charge is 0.410 e. The van der Waals surface area contributed by atoms with Gasteiger partial charge in [-0.1, -0.05) is 19.8 Å². The van der Waals surface area contributed by atoms with Gasteiger partial charge < -0.3 is 41.0 Å². The summed E-state index contributed by atoms with van der Waals surface area (Å²) in [6.07, 6.45) is -0.564. The van der Waals surface area contributed by atoms with Gasteiger partial charge in [-0.3, -0.25) is 14.2 Å². The molecule has 15 heteroatoms. The molecule has 1 aliphatic carbocycles. The standard InChI is InChI=1S/C26H32N8O7.C2H6/c27-22-18-23(34(12-29-18)25-20(37)19(36)21(41-25)24(38)30-14-4-5-14)32-16(31-22)3-1-2-13-6-8-33(9-7-13)26(39)40-15-10-17(35)28-11-15;1-2/h12-15,19-21,25,36-37H,2,4-11H2,(H,28,35)(H,30,38)(H2,27,31,32);1-2H3/t15?,19-,20?,21+,25-;/m1./s1. The number of nitrogens with two attached hydrogens (primary N) is 1. The van der Waals surface area contributed by atoms with Crippen molar-refractivity contribution in [2.75, 3.05) is 25.4 Å². The molecular formula is C28H38N8O7. The van der Waals surface area contributed by atoms with Crippen molar-refractivity contribution in [2.24, 2.45) is 5.92 Å². The molecule has 0 spiro atoms. The van der Waals surface area contributed by atoms with Gasteiger partial charge in [0.25, 0.3) is 5.91 Å². The lowest BCUT2D eigenvalue weighted by Crippen LogP contribution is -2.43. The monoisotopic (exact) mass is 598 g/mol. The highest BCUT2D eigenvalue weighted by Gasteiger charge is 2.48. The largest absolute Gasteiger partial charge is 0.444 e. The summed E-state index contributed by atoms with van der Waals surface area (Å²) in [7, 11) is 0. The normalized spacial score (nSPS) is 27.1. The number of ether oxygens (including phenoxy) is 2. The average Bonchev–Trinajstić information content (AvgIpc) is 3.43. The van der Waals surface area contributed by atoms with Crippen molar-refractivity contribution in [3.05, 3.63) is 12.2 Å². The number of likely N-dealkylation sites (tertiary alicyclic amines) is 1. The molecule has 5 heterocycles. The molecule has 2 unspecified atom stereocenters. The Balaban J connectivity index is 0.00000180. The summed E-state index contributed by atoms with van der Waals surface area (Å²) in [5.41, 5.74) is 6.65. The van der Waals surface area contributed by atoms with Gasteiger partial charge in [0.05, 0.1) is 19.3 Å². The summed E-state index contributed by atoms with van der Waals surface area (Å²) in [5.74, 6) is 5.98. The molecule has 15 nitrogen and oxygen atoms in total. The fraction of sp³-hybridized carbons (Fsp3) is 0.643. The maximum absolute atomic E-state index is 12.5. The third kappa shape index (κ3) is 6.82. The van der Waals surface area contributed by atoms with E-state index >= 15 is 0 Å². The number of fused-ring (bicyclic) bond motifs is 1. The molecular weight excluding hydrogens is 560 g/mol. The predicted octanol–water partition coefficient (Wildman–Crippen LogP) is -0.189.